The van der Waals surface area contributed by atoms with E-state index in [4.69, 9.17) is 14.5 Å². The number of nitrogens with one attached hydrogen (secondary N) is 1. The number of rotatable bonds is 7. The zero-order chi connectivity index (χ0) is 26.6. The van der Waals surface area contributed by atoms with Crippen LogP contribution >= 0.6 is 11.3 Å². The summed E-state index contributed by atoms with van der Waals surface area (Å²) in [5, 5.41) is 5.68. The first-order valence-corrected chi connectivity index (χ1v) is 12.8. The number of hydrogen-bond acceptors (Lipinski definition) is 6. The van der Waals surface area contributed by atoms with Gasteiger partial charge in [0, 0.05) is 21.9 Å². The third-order valence-corrected chi connectivity index (χ3v) is 6.87. The number of benzene rings is 3. The van der Waals surface area contributed by atoms with E-state index >= 15 is 0 Å². The Kier molecular flexibility index (Phi) is 7.15. The number of nitrogens with zero attached hydrogens (tertiary/aromatic N) is 1. The number of aromatic nitrogens is 1. The molecule has 5 rings (SSSR count). The quantitative estimate of drug-likeness (QED) is 0.227. The van der Waals surface area contributed by atoms with Gasteiger partial charge in [0.15, 0.2) is 0 Å². The van der Waals surface area contributed by atoms with E-state index in [2.05, 4.69) is 5.32 Å². The van der Waals surface area contributed by atoms with E-state index in [0.717, 1.165) is 5.56 Å². The van der Waals surface area contributed by atoms with Gasteiger partial charge in [-0.2, -0.15) is 0 Å². The monoisotopic (exact) mass is 526 g/mol. The molecule has 8 heteroatoms. The minimum atomic E-state index is -0.569. The highest BCUT2D eigenvalue weighted by Gasteiger charge is 2.24. The molecule has 3 aromatic carbocycles. The molecule has 0 aliphatic rings. The standard InChI is InChI=1S/C30H23FN2O4S/c1-3-37-30(35)27-24(18-11-13-20(31)14-12-18)17-38-29(27)33-28(34)23-16-26(19-7-6-8-21(15-19)36-2)32-25-10-5-4-9-22(23)25/h4-17H,3H2,1-2H3,(H,33,34). The molecular weight excluding hydrogens is 503 g/mol. The molecule has 6 nitrogen and oxygen atoms in total. The number of halogens is 1. The van der Waals surface area contributed by atoms with Crippen LogP contribution in [0.2, 0.25) is 0 Å². The largest absolute Gasteiger partial charge is 0.497 e. The van der Waals surface area contributed by atoms with Gasteiger partial charge in [0.25, 0.3) is 5.91 Å². The fourth-order valence-corrected chi connectivity index (χ4v) is 5.11. The lowest BCUT2D eigenvalue weighted by molar-refractivity contribution is 0.0529. The third kappa shape index (κ3) is 4.99. The zero-order valence-corrected chi connectivity index (χ0v) is 21.5. The van der Waals surface area contributed by atoms with E-state index in [9.17, 15) is 14.0 Å². The molecule has 190 valence electrons. The predicted molar refractivity (Wildman–Crippen MR) is 147 cm³/mol. The molecule has 0 atom stereocenters. The summed E-state index contributed by atoms with van der Waals surface area (Å²) in [5.41, 5.74) is 3.88. The van der Waals surface area contributed by atoms with Gasteiger partial charge in [-0.3, -0.25) is 4.79 Å². The Morgan fingerprint density at radius 3 is 2.53 bits per heavy atom. The molecular formula is C30H23FN2O4S. The number of para-hydroxylation sites is 1. The van der Waals surface area contributed by atoms with Crippen molar-refractivity contribution in [2.75, 3.05) is 19.0 Å². The molecule has 2 aromatic heterocycles. The number of pyridine rings is 1. The molecule has 0 aliphatic carbocycles. The molecule has 0 radical (unpaired) electrons. The second-order valence-electron chi connectivity index (χ2n) is 8.34. The van der Waals surface area contributed by atoms with E-state index in [1.54, 1.807) is 37.6 Å². The Hall–Kier alpha value is -4.56. The average molecular weight is 527 g/mol. The summed E-state index contributed by atoms with van der Waals surface area (Å²) in [6, 6.07) is 22.4. The van der Waals surface area contributed by atoms with Crippen molar-refractivity contribution in [3.8, 4) is 28.1 Å². The van der Waals surface area contributed by atoms with Crippen LogP contribution < -0.4 is 10.1 Å². The average Bonchev–Trinajstić information content (AvgIpc) is 3.36. The molecule has 0 fully saturated rings. The number of ether oxygens (including phenoxy) is 2. The molecule has 0 saturated carbocycles. The number of carbonyl (C=O) groups excluding carboxylic acids is 2. The van der Waals surface area contributed by atoms with Crippen molar-refractivity contribution in [2.45, 2.75) is 6.92 Å². The van der Waals surface area contributed by atoms with Crippen LogP contribution in [0.1, 0.15) is 27.6 Å². The number of thiophene rings is 1. The molecule has 0 aliphatic heterocycles. The number of fused-ring (bicyclic) bond motifs is 1. The number of carbonyl (C=O) groups is 2. The molecule has 1 N–H and O–H groups in total. The van der Waals surface area contributed by atoms with Crippen molar-refractivity contribution in [3.63, 3.8) is 0 Å². The summed E-state index contributed by atoms with van der Waals surface area (Å²) in [6.45, 7) is 1.88. The van der Waals surface area contributed by atoms with Crippen LogP contribution in [0.25, 0.3) is 33.3 Å². The van der Waals surface area contributed by atoms with Gasteiger partial charge in [-0.1, -0.05) is 42.5 Å². The summed E-state index contributed by atoms with van der Waals surface area (Å²) < 4.78 is 24.2. The maximum Gasteiger partial charge on any atom is 0.341 e. The maximum absolute atomic E-state index is 13.7. The van der Waals surface area contributed by atoms with E-state index in [0.29, 0.717) is 44.0 Å². The van der Waals surface area contributed by atoms with Crippen molar-refractivity contribution >= 4 is 39.1 Å². The third-order valence-electron chi connectivity index (χ3n) is 5.98. The molecule has 0 unspecified atom stereocenters. The Labute approximate surface area is 222 Å². The Bertz CT molecular complexity index is 1650. The first kappa shape index (κ1) is 25.1. The van der Waals surface area contributed by atoms with E-state index in [-0.39, 0.29) is 18.0 Å². The number of anilines is 1. The molecule has 0 spiro atoms. The van der Waals surface area contributed by atoms with Crippen LogP contribution in [-0.2, 0) is 4.74 Å². The lowest BCUT2D eigenvalue weighted by atomic mass is 10.0. The van der Waals surface area contributed by atoms with Crippen LogP contribution in [0.5, 0.6) is 5.75 Å². The number of hydrogen-bond donors (Lipinski definition) is 1. The predicted octanol–water partition coefficient (Wildman–Crippen LogP) is 7.21. The van der Waals surface area contributed by atoms with E-state index < -0.39 is 11.9 Å². The summed E-state index contributed by atoms with van der Waals surface area (Å²) >= 11 is 1.20. The first-order valence-electron chi connectivity index (χ1n) is 11.9. The topological polar surface area (TPSA) is 77.5 Å². The minimum Gasteiger partial charge on any atom is -0.497 e. The van der Waals surface area contributed by atoms with Crippen molar-refractivity contribution < 1.29 is 23.5 Å². The summed E-state index contributed by atoms with van der Waals surface area (Å²) in [4.78, 5) is 31.4. The highest BCUT2D eigenvalue weighted by Crippen LogP contribution is 2.37. The van der Waals surface area contributed by atoms with Crippen molar-refractivity contribution in [1.29, 1.82) is 0 Å². The molecule has 5 aromatic rings. The molecule has 0 saturated heterocycles. The van der Waals surface area contributed by atoms with Crippen LogP contribution in [0.15, 0.2) is 84.2 Å². The van der Waals surface area contributed by atoms with Crippen molar-refractivity contribution in [2.24, 2.45) is 0 Å². The fourth-order valence-electron chi connectivity index (χ4n) is 4.16. The van der Waals surface area contributed by atoms with Crippen LogP contribution in [-0.4, -0.2) is 30.6 Å². The lowest BCUT2D eigenvalue weighted by Gasteiger charge is -2.12. The molecule has 1 amide bonds. The van der Waals surface area contributed by atoms with E-state index in [1.807, 2.05) is 48.5 Å². The lowest BCUT2D eigenvalue weighted by Crippen LogP contribution is -2.15. The van der Waals surface area contributed by atoms with Gasteiger partial charge in [0.1, 0.15) is 22.1 Å². The van der Waals surface area contributed by atoms with Gasteiger partial charge in [-0.05, 0) is 48.9 Å². The Balaban J connectivity index is 1.58. The second kappa shape index (κ2) is 10.8. The highest BCUT2D eigenvalue weighted by molar-refractivity contribution is 7.15. The Morgan fingerprint density at radius 1 is 0.974 bits per heavy atom. The summed E-state index contributed by atoms with van der Waals surface area (Å²) in [5.74, 6) is -0.674. The fraction of sp³-hybridized carbons (Fsp3) is 0.100. The zero-order valence-electron chi connectivity index (χ0n) is 20.7. The van der Waals surface area contributed by atoms with Crippen LogP contribution in [0, 0.1) is 5.82 Å². The number of amides is 1. The highest BCUT2D eigenvalue weighted by atomic mass is 32.1. The van der Waals surface area contributed by atoms with Gasteiger partial charge >= 0.3 is 5.97 Å². The van der Waals surface area contributed by atoms with Crippen molar-refractivity contribution in [1.82, 2.24) is 4.98 Å². The maximum atomic E-state index is 13.7. The number of methoxy groups -OCH3 is 1. The Morgan fingerprint density at radius 2 is 1.76 bits per heavy atom. The molecule has 0 bridgehead atoms. The van der Waals surface area contributed by atoms with Gasteiger partial charge in [0.05, 0.1) is 30.5 Å². The van der Waals surface area contributed by atoms with Gasteiger partial charge in [-0.15, -0.1) is 11.3 Å². The summed E-state index contributed by atoms with van der Waals surface area (Å²) in [6.07, 6.45) is 0. The minimum absolute atomic E-state index is 0.170. The SMILES string of the molecule is CCOC(=O)c1c(-c2ccc(F)cc2)csc1NC(=O)c1cc(-c2cccc(OC)c2)nc2ccccc12. The molecule has 38 heavy (non-hydrogen) atoms. The molecule has 2 heterocycles. The van der Waals surface area contributed by atoms with Gasteiger partial charge in [-0.25, -0.2) is 14.2 Å². The van der Waals surface area contributed by atoms with Crippen LogP contribution in [0.4, 0.5) is 9.39 Å². The first-order chi connectivity index (χ1) is 18.5. The normalized spacial score (nSPS) is 10.8. The summed E-state index contributed by atoms with van der Waals surface area (Å²) in [7, 11) is 1.59. The van der Waals surface area contributed by atoms with E-state index in [1.165, 1.54) is 23.5 Å². The van der Waals surface area contributed by atoms with Gasteiger partial charge < -0.3 is 14.8 Å². The number of esters is 1. The second-order valence-corrected chi connectivity index (χ2v) is 9.22. The van der Waals surface area contributed by atoms with Crippen LogP contribution in [0.3, 0.4) is 0 Å². The smallest absolute Gasteiger partial charge is 0.341 e. The van der Waals surface area contributed by atoms with Gasteiger partial charge in [0.2, 0.25) is 0 Å². The van der Waals surface area contributed by atoms with Crippen molar-refractivity contribution in [3.05, 3.63) is 101 Å².